The molecule has 2 aromatic heterocycles. The van der Waals surface area contributed by atoms with Gasteiger partial charge in [0, 0.05) is 22.4 Å². The van der Waals surface area contributed by atoms with Crippen LogP contribution >= 0.6 is 22.7 Å². The molecule has 0 spiro atoms. The maximum Gasteiger partial charge on any atom is 0.214 e. The number of hydrogen-bond donors (Lipinski definition) is 1. The second kappa shape index (κ2) is 5.40. The fourth-order valence-corrected chi connectivity index (χ4v) is 4.78. The number of sulfonamides is 1. The summed E-state index contributed by atoms with van der Waals surface area (Å²) in [5.74, 6) is -0.00690. The Morgan fingerprint density at radius 1 is 1.30 bits per heavy atom. The van der Waals surface area contributed by atoms with Crippen molar-refractivity contribution in [3.05, 3.63) is 44.3 Å². The van der Waals surface area contributed by atoms with Gasteiger partial charge in [-0.25, -0.2) is 13.1 Å². The molecule has 0 radical (unpaired) electrons. The van der Waals surface area contributed by atoms with Crippen molar-refractivity contribution in [1.82, 2.24) is 4.72 Å². The highest BCUT2D eigenvalue weighted by Gasteiger charge is 2.35. The predicted octanol–water partition coefficient (Wildman–Crippen LogP) is 2.62. The van der Waals surface area contributed by atoms with Crippen molar-refractivity contribution in [3.63, 3.8) is 0 Å². The minimum absolute atomic E-state index is 0.00690. The summed E-state index contributed by atoms with van der Waals surface area (Å²) in [6.07, 6.45) is 1.50. The lowest BCUT2D eigenvalue weighted by Crippen LogP contribution is -2.26. The van der Waals surface area contributed by atoms with Crippen molar-refractivity contribution in [2.24, 2.45) is 0 Å². The quantitative estimate of drug-likeness (QED) is 0.830. The SMILES string of the molecule is O=C(c1ccsc1)c1ccc(CNS(=O)(=O)C2CC2)s1. The highest BCUT2D eigenvalue weighted by Crippen LogP contribution is 2.28. The van der Waals surface area contributed by atoms with E-state index in [2.05, 4.69) is 4.72 Å². The van der Waals surface area contributed by atoms with E-state index in [0.717, 1.165) is 17.7 Å². The highest BCUT2D eigenvalue weighted by atomic mass is 32.2. The summed E-state index contributed by atoms with van der Waals surface area (Å²) in [6, 6.07) is 5.35. The zero-order valence-corrected chi connectivity index (χ0v) is 13.0. The van der Waals surface area contributed by atoms with Crippen molar-refractivity contribution in [2.75, 3.05) is 0 Å². The third-order valence-corrected chi connectivity index (χ3v) is 6.74. The van der Waals surface area contributed by atoms with Crippen LogP contribution in [0.4, 0.5) is 0 Å². The predicted molar refractivity (Wildman–Crippen MR) is 80.9 cm³/mol. The zero-order chi connectivity index (χ0) is 14.2. The topological polar surface area (TPSA) is 63.2 Å². The van der Waals surface area contributed by atoms with Gasteiger partial charge in [0.15, 0.2) is 0 Å². The lowest BCUT2D eigenvalue weighted by Gasteiger charge is -2.02. The third kappa shape index (κ3) is 3.01. The molecule has 1 N–H and O–H groups in total. The van der Waals surface area contributed by atoms with Crippen molar-refractivity contribution in [1.29, 1.82) is 0 Å². The molecule has 20 heavy (non-hydrogen) atoms. The molecule has 1 fully saturated rings. The van der Waals surface area contributed by atoms with Crippen LogP contribution in [0.15, 0.2) is 29.0 Å². The molecule has 0 aliphatic heterocycles. The van der Waals surface area contributed by atoms with Gasteiger partial charge < -0.3 is 0 Å². The summed E-state index contributed by atoms with van der Waals surface area (Å²) >= 11 is 2.83. The molecule has 2 heterocycles. The molecule has 7 heteroatoms. The van der Waals surface area contributed by atoms with Gasteiger partial charge in [0.05, 0.1) is 10.1 Å². The fraction of sp³-hybridized carbons (Fsp3) is 0.308. The van der Waals surface area contributed by atoms with Crippen molar-refractivity contribution in [3.8, 4) is 0 Å². The first-order chi connectivity index (χ1) is 9.56. The Morgan fingerprint density at radius 3 is 2.75 bits per heavy atom. The molecule has 3 rings (SSSR count). The molecule has 0 bridgehead atoms. The van der Waals surface area contributed by atoms with Crippen molar-refractivity contribution in [2.45, 2.75) is 24.6 Å². The van der Waals surface area contributed by atoms with Crippen molar-refractivity contribution < 1.29 is 13.2 Å². The van der Waals surface area contributed by atoms with Gasteiger partial charge in [-0.3, -0.25) is 4.79 Å². The molecule has 2 aromatic rings. The van der Waals surface area contributed by atoms with E-state index >= 15 is 0 Å². The van der Waals surface area contributed by atoms with Crippen LogP contribution in [-0.4, -0.2) is 19.5 Å². The minimum Gasteiger partial charge on any atom is -0.288 e. The van der Waals surface area contributed by atoms with Crippen LogP contribution in [-0.2, 0) is 16.6 Å². The number of ketones is 1. The first-order valence-electron chi connectivity index (χ1n) is 6.20. The van der Waals surface area contributed by atoms with E-state index < -0.39 is 10.0 Å². The molecule has 4 nitrogen and oxygen atoms in total. The Hall–Kier alpha value is -1.02. The van der Waals surface area contributed by atoms with E-state index in [0.29, 0.717) is 10.4 Å². The van der Waals surface area contributed by atoms with Crippen LogP contribution in [0.2, 0.25) is 0 Å². The van der Waals surface area contributed by atoms with E-state index in [1.165, 1.54) is 22.7 Å². The largest absolute Gasteiger partial charge is 0.288 e. The van der Waals surface area contributed by atoms with Gasteiger partial charge >= 0.3 is 0 Å². The van der Waals surface area contributed by atoms with Gasteiger partial charge in [0.1, 0.15) is 0 Å². The number of rotatable bonds is 6. The summed E-state index contributed by atoms with van der Waals surface area (Å²) in [5, 5.41) is 3.47. The lowest BCUT2D eigenvalue weighted by molar-refractivity contribution is 0.104. The average Bonchev–Trinajstić information content (AvgIpc) is 2.98. The summed E-state index contributed by atoms with van der Waals surface area (Å²) in [7, 11) is -3.17. The standard InChI is InChI=1S/C13H13NO3S3/c15-13(9-5-6-18-8-9)12-4-1-10(19-12)7-14-20(16,17)11-2-3-11/h1,4-6,8,11,14H,2-3,7H2. The van der Waals surface area contributed by atoms with Crippen LogP contribution in [0, 0.1) is 0 Å². The maximum absolute atomic E-state index is 12.1. The number of nitrogens with one attached hydrogen (secondary N) is 1. The number of hydrogen-bond acceptors (Lipinski definition) is 5. The summed E-state index contributed by atoms with van der Waals surface area (Å²) < 4.78 is 26.0. The maximum atomic E-state index is 12.1. The fourth-order valence-electron chi connectivity index (χ4n) is 1.80. The Morgan fingerprint density at radius 2 is 2.10 bits per heavy atom. The van der Waals surface area contributed by atoms with Gasteiger partial charge in [-0.1, -0.05) is 0 Å². The molecule has 1 aliphatic carbocycles. The molecular formula is C13H13NO3S3. The van der Waals surface area contributed by atoms with E-state index in [-0.39, 0.29) is 17.6 Å². The molecule has 106 valence electrons. The Kier molecular flexibility index (Phi) is 3.76. The smallest absolute Gasteiger partial charge is 0.214 e. The van der Waals surface area contributed by atoms with Gasteiger partial charge in [0.2, 0.25) is 15.8 Å². The number of thiophene rings is 2. The first-order valence-corrected chi connectivity index (χ1v) is 9.51. The van der Waals surface area contributed by atoms with Crippen LogP contribution < -0.4 is 4.72 Å². The molecule has 0 unspecified atom stereocenters. The molecular weight excluding hydrogens is 314 g/mol. The Labute approximate surface area is 125 Å². The first kappa shape index (κ1) is 13.9. The minimum atomic E-state index is -3.17. The van der Waals surface area contributed by atoms with Gasteiger partial charge in [-0.15, -0.1) is 11.3 Å². The van der Waals surface area contributed by atoms with Gasteiger partial charge in [0.25, 0.3) is 0 Å². The van der Waals surface area contributed by atoms with E-state index in [1.54, 1.807) is 18.2 Å². The summed E-state index contributed by atoms with van der Waals surface area (Å²) in [6.45, 7) is 0.264. The summed E-state index contributed by atoms with van der Waals surface area (Å²) in [4.78, 5) is 13.6. The molecule has 0 aromatic carbocycles. The number of carbonyl (C=O) groups is 1. The molecule has 0 saturated heterocycles. The Bertz CT molecular complexity index is 712. The number of carbonyl (C=O) groups excluding carboxylic acids is 1. The molecule has 1 aliphatic rings. The van der Waals surface area contributed by atoms with Crippen LogP contribution in [0.25, 0.3) is 0 Å². The van der Waals surface area contributed by atoms with Crippen molar-refractivity contribution >= 4 is 38.5 Å². The molecule has 0 atom stereocenters. The average molecular weight is 327 g/mol. The van der Waals surface area contributed by atoms with Gasteiger partial charge in [-0.05, 0) is 36.4 Å². The normalized spacial score (nSPS) is 15.4. The lowest BCUT2D eigenvalue weighted by atomic mass is 10.2. The second-order valence-corrected chi connectivity index (χ2v) is 8.67. The highest BCUT2D eigenvalue weighted by molar-refractivity contribution is 7.90. The van der Waals surface area contributed by atoms with E-state index in [4.69, 9.17) is 0 Å². The second-order valence-electron chi connectivity index (χ2n) is 4.67. The Balaban J connectivity index is 1.66. The van der Waals surface area contributed by atoms with E-state index in [1.807, 2.05) is 10.8 Å². The zero-order valence-electron chi connectivity index (χ0n) is 10.5. The van der Waals surface area contributed by atoms with E-state index in [9.17, 15) is 13.2 Å². The van der Waals surface area contributed by atoms with Crippen LogP contribution in [0.5, 0.6) is 0 Å². The molecule has 1 saturated carbocycles. The van der Waals surface area contributed by atoms with Crippen LogP contribution in [0.3, 0.4) is 0 Å². The molecule has 0 amide bonds. The van der Waals surface area contributed by atoms with Crippen LogP contribution in [0.1, 0.15) is 33.0 Å². The third-order valence-electron chi connectivity index (χ3n) is 3.08. The van der Waals surface area contributed by atoms with Gasteiger partial charge in [-0.2, -0.15) is 11.3 Å². The monoisotopic (exact) mass is 327 g/mol. The summed E-state index contributed by atoms with van der Waals surface area (Å²) in [5.41, 5.74) is 0.682.